The van der Waals surface area contributed by atoms with Gasteiger partial charge in [0.1, 0.15) is 23.2 Å². The number of halogens is 3. The van der Waals surface area contributed by atoms with Gasteiger partial charge in [0.15, 0.2) is 0 Å². The predicted molar refractivity (Wildman–Crippen MR) is 74.2 cm³/mol. The van der Waals surface area contributed by atoms with Crippen molar-refractivity contribution >= 4 is 29.2 Å². The molecule has 1 N–H and O–H groups in total. The molecule has 3 nitrogen and oxygen atoms in total. The van der Waals surface area contributed by atoms with Crippen LogP contribution in [0.15, 0.2) is 36.4 Å². The van der Waals surface area contributed by atoms with Crippen molar-refractivity contribution in [2.75, 3.05) is 0 Å². The van der Waals surface area contributed by atoms with E-state index in [9.17, 15) is 9.18 Å². The second kappa shape index (κ2) is 6.11. The standard InChI is InChI=1S/C14H9Cl2FO3/c15-10-2-1-3-12(13(10)16)20-7-8-4-5-9(14(18)19)11(17)6-8/h1-6H,7H2,(H,18,19). The maximum absolute atomic E-state index is 13.5. The van der Waals surface area contributed by atoms with Crippen LogP contribution in [0.5, 0.6) is 5.75 Å². The number of carboxylic acid groups (broad SMARTS) is 1. The van der Waals surface area contributed by atoms with Crippen molar-refractivity contribution in [1.82, 2.24) is 0 Å². The summed E-state index contributed by atoms with van der Waals surface area (Å²) in [6, 6.07) is 8.72. The predicted octanol–water partition coefficient (Wildman–Crippen LogP) is 4.41. The number of carboxylic acids is 1. The lowest BCUT2D eigenvalue weighted by Gasteiger charge is -2.09. The Morgan fingerprint density at radius 3 is 2.65 bits per heavy atom. The van der Waals surface area contributed by atoms with E-state index in [0.29, 0.717) is 16.3 Å². The van der Waals surface area contributed by atoms with E-state index >= 15 is 0 Å². The van der Waals surface area contributed by atoms with Crippen molar-refractivity contribution in [3.05, 3.63) is 63.4 Å². The lowest BCUT2D eigenvalue weighted by molar-refractivity contribution is 0.0692. The maximum atomic E-state index is 13.5. The van der Waals surface area contributed by atoms with E-state index in [1.165, 1.54) is 12.1 Å². The Hall–Kier alpha value is -1.78. The summed E-state index contributed by atoms with van der Waals surface area (Å²) in [5.41, 5.74) is 0.109. The van der Waals surface area contributed by atoms with E-state index in [1.54, 1.807) is 18.2 Å². The Morgan fingerprint density at radius 2 is 2.00 bits per heavy atom. The highest BCUT2D eigenvalue weighted by atomic mass is 35.5. The largest absolute Gasteiger partial charge is 0.487 e. The second-order valence-corrected chi connectivity index (χ2v) is 4.75. The zero-order chi connectivity index (χ0) is 14.7. The van der Waals surface area contributed by atoms with Crippen LogP contribution >= 0.6 is 23.2 Å². The summed E-state index contributed by atoms with van der Waals surface area (Å²) in [6.07, 6.45) is 0. The molecule has 0 unspecified atom stereocenters. The van der Waals surface area contributed by atoms with Crippen molar-refractivity contribution in [3.63, 3.8) is 0 Å². The Kier molecular flexibility index (Phi) is 4.47. The highest BCUT2D eigenvalue weighted by molar-refractivity contribution is 6.42. The molecule has 0 aromatic heterocycles. The molecule has 104 valence electrons. The number of hydrogen-bond acceptors (Lipinski definition) is 2. The molecule has 0 heterocycles. The molecule has 6 heteroatoms. The van der Waals surface area contributed by atoms with Crippen LogP contribution in [0.25, 0.3) is 0 Å². The molecule has 0 aliphatic carbocycles. The molecule has 0 fully saturated rings. The Balaban J connectivity index is 2.13. The second-order valence-electron chi connectivity index (χ2n) is 3.96. The molecule has 0 saturated carbocycles. The third-order valence-corrected chi connectivity index (χ3v) is 3.38. The molecule has 0 bridgehead atoms. The van der Waals surface area contributed by atoms with Crippen molar-refractivity contribution in [1.29, 1.82) is 0 Å². The molecule has 2 aromatic carbocycles. The molecule has 0 atom stereocenters. The highest BCUT2D eigenvalue weighted by Crippen LogP contribution is 2.31. The number of aromatic carboxylic acids is 1. The van der Waals surface area contributed by atoms with Crippen LogP contribution in [0.3, 0.4) is 0 Å². The molecule has 2 rings (SSSR count). The number of rotatable bonds is 4. The summed E-state index contributed by atoms with van der Waals surface area (Å²) in [5.74, 6) is -1.74. The van der Waals surface area contributed by atoms with Gasteiger partial charge in [0, 0.05) is 0 Å². The number of carbonyl (C=O) groups is 1. The van der Waals surface area contributed by atoms with Gasteiger partial charge in [-0.3, -0.25) is 0 Å². The first-order chi connectivity index (χ1) is 9.49. The first kappa shape index (κ1) is 14.6. The summed E-state index contributed by atoms with van der Waals surface area (Å²) in [5, 5.41) is 9.36. The fourth-order valence-corrected chi connectivity index (χ4v) is 1.92. The minimum atomic E-state index is -1.31. The Labute approximate surface area is 124 Å². The number of ether oxygens (including phenoxy) is 1. The summed E-state index contributed by atoms with van der Waals surface area (Å²) in [4.78, 5) is 10.7. The average Bonchev–Trinajstić information content (AvgIpc) is 2.40. The van der Waals surface area contributed by atoms with Gasteiger partial charge in [0.25, 0.3) is 0 Å². The lowest BCUT2D eigenvalue weighted by atomic mass is 10.1. The monoisotopic (exact) mass is 314 g/mol. The number of hydrogen-bond donors (Lipinski definition) is 1. The molecule has 0 aliphatic rings. The first-order valence-corrected chi connectivity index (χ1v) is 6.33. The zero-order valence-electron chi connectivity index (χ0n) is 10.1. The third kappa shape index (κ3) is 3.21. The molecular formula is C14H9Cl2FO3. The van der Waals surface area contributed by atoms with Crippen molar-refractivity contribution in [2.45, 2.75) is 6.61 Å². The topological polar surface area (TPSA) is 46.5 Å². The summed E-state index contributed by atoms with van der Waals surface area (Å²) < 4.78 is 18.9. The van der Waals surface area contributed by atoms with E-state index in [-0.39, 0.29) is 17.2 Å². The van der Waals surface area contributed by atoms with Crippen molar-refractivity contribution < 1.29 is 19.0 Å². The van der Waals surface area contributed by atoms with E-state index < -0.39 is 11.8 Å². The van der Waals surface area contributed by atoms with Crippen LogP contribution in [0, 0.1) is 5.82 Å². The maximum Gasteiger partial charge on any atom is 0.338 e. The van der Waals surface area contributed by atoms with Gasteiger partial charge in [-0.2, -0.15) is 0 Å². The molecule has 0 aliphatic heterocycles. The smallest absolute Gasteiger partial charge is 0.338 e. The van der Waals surface area contributed by atoms with Gasteiger partial charge in [-0.1, -0.05) is 35.3 Å². The van der Waals surface area contributed by atoms with Gasteiger partial charge in [0.05, 0.1) is 10.6 Å². The van der Waals surface area contributed by atoms with Gasteiger partial charge in [-0.15, -0.1) is 0 Å². The van der Waals surface area contributed by atoms with Crippen LogP contribution in [0.4, 0.5) is 4.39 Å². The van der Waals surface area contributed by atoms with Crippen molar-refractivity contribution in [2.24, 2.45) is 0 Å². The van der Waals surface area contributed by atoms with Crippen LogP contribution in [-0.4, -0.2) is 11.1 Å². The minimum absolute atomic E-state index is 0.0525. The van der Waals surface area contributed by atoms with Gasteiger partial charge < -0.3 is 9.84 Å². The third-order valence-electron chi connectivity index (χ3n) is 2.57. The molecule has 0 amide bonds. The highest BCUT2D eigenvalue weighted by Gasteiger charge is 2.11. The fourth-order valence-electron chi connectivity index (χ4n) is 1.58. The van der Waals surface area contributed by atoms with Crippen LogP contribution in [0.2, 0.25) is 10.0 Å². The lowest BCUT2D eigenvalue weighted by Crippen LogP contribution is -2.03. The molecule has 0 spiro atoms. The molecule has 0 radical (unpaired) electrons. The normalized spacial score (nSPS) is 10.3. The Bertz CT molecular complexity index is 659. The minimum Gasteiger partial charge on any atom is -0.487 e. The quantitative estimate of drug-likeness (QED) is 0.909. The van der Waals surface area contributed by atoms with E-state index in [2.05, 4.69) is 0 Å². The molecular weight excluding hydrogens is 306 g/mol. The van der Waals surface area contributed by atoms with E-state index in [4.69, 9.17) is 33.0 Å². The van der Waals surface area contributed by atoms with Crippen molar-refractivity contribution in [3.8, 4) is 5.75 Å². The number of benzene rings is 2. The van der Waals surface area contributed by atoms with Crippen LogP contribution in [0.1, 0.15) is 15.9 Å². The van der Waals surface area contributed by atoms with E-state index in [1.807, 2.05) is 0 Å². The van der Waals surface area contributed by atoms with Crippen LogP contribution < -0.4 is 4.74 Å². The SMILES string of the molecule is O=C(O)c1ccc(COc2cccc(Cl)c2Cl)cc1F. The van der Waals surface area contributed by atoms with Gasteiger partial charge in [-0.25, -0.2) is 9.18 Å². The molecule has 2 aromatic rings. The first-order valence-electron chi connectivity index (χ1n) is 5.57. The summed E-state index contributed by atoms with van der Waals surface area (Å²) in [7, 11) is 0. The Morgan fingerprint density at radius 1 is 1.25 bits per heavy atom. The fraction of sp³-hybridized carbons (Fsp3) is 0.0714. The van der Waals surface area contributed by atoms with Gasteiger partial charge in [-0.05, 0) is 29.8 Å². The van der Waals surface area contributed by atoms with Gasteiger partial charge in [0.2, 0.25) is 0 Å². The molecule has 20 heavy (non-hydrogen) atoms. The van der Waals surface area contributed by atoms with Gasteiger partial charge >= 0.3 is 5.97 Å². The van der Waals surface area contributed by atoms with E-state index in [0.717, 1.165) is 6.07 Å². The summed E-state index contributed by atoms with van der Waals surface area (Å²) in [6.45, 7) is 0.0525. The van der Waals surface area contributed by atoms with Crippen LogP contribution in [-0.2, 0) is 6.61 Å². The zero-order valence-corrected chi connectivity index (χ0v) is 11.6. The average molecular weight is 315 g/mol. The molecule has 0 saturated heterocycles. The summed E-state index contributed by atoms with van der Waals surface area (Å²) >= 11 is 11.8.